The van der Waals surface area contributed by atoms with Crippen LogP contribution in [-0.2, 0) is 29.1 Å². The van der Waals surface area contributed by atoms with E-state index >= 15 is 0 Å². The molecule has 0 radical (unpaired) electrons. The largest absolute Gasteiger partial charge is 0.508 e. The fourth-order valence-corrected chi connectivity index (χ4v) is 3.23. The van der Waals surface area contributed by atoms with Crippen molar-refractivity contribution in [1.82, 2.24) is 10.3 Å². The van der Waals surface area contributed by atoms with E-state index in [1.54, 1.807) is 24.4 Å². The number of hydrogen-bond acceptors (Lipinski definition) is 6. The second-order valence-electron chi connectivity index (χ2n) is 6.25. The number of amides is 1. The number of aryl methyl sites for hydroxylation is 1. The van der Waals surface area contributed by atoms with Crippen molar-refractivity contribution in [1.29, 1.82) is 0 Å². The van der Waals surface area contributed by atoms with Gasteiger partial charge in [-0.3, -0.25) is 4.79 Å². The van der Waals surface area contributed by atoms with E-state index in [9.17, 15) is 14.7 Å². The van der Waals surface area contributed by atoms with Gasteiger partial charge in [0.05, 0.1) is 17.7 Å². The van der Waals surface area contributed by atoms with Crippen molar-refractivity contribution < 1.29 is 19.4 Å². The number of phenolic OH excluding ortho intramolecular Hbond substituents is 1. The normalized spacial score (nSPS) is 10.5. The van der Waals surface area contributed by atoms with Gasteiger partial charge in [0.2, 0.25) is 5.91 Å². The van der Waals surface area contributed by atoms with E-state index in [-0.39, 0.29) is 30.2 Å². The lowest BCUT2D eigenvalue weighted by atomic mass is 10.1. The lowest BCUT2D eigenvalue weighted by Gasteiger charge is -2.05. The summed E-state index contributed by atoms with van der Waals surface area (Å²) in [4.78, 5) is 28.4. The van der Waals surface area contributed by atoms with Crippen molar-refractivity contribution in [3.8, 4) is 5.75 Å². The fourth-order valence-electron chi connectivity index (χ4n) is 2.45. The number of thiazole rings is 1. The topological polar surface area (TPSA) is 88.5 Å². The van der Waals surface area contributed by atoms with Gasteiger partial charge in [-0.1, -0.05) is 36.4 Å². The molecule has 28 heavy (non-hydrogen) atoms. The number of aromatic hydroxyl groups is 1. The zero-order chi connectivity index (χ0) is 19.9. The Morgan fingerprint density at radius 3 is 2.71 bits per heavy atom. The smallest absolute Gasteiger partial charge is 0.338 e. The SMILES string of the molecule is Cc1ccc(C(=O)OCc2csc(CC(=O)NCc3ccccc3)n2)cc1O. The van der Waals surface area contributed by atoms with Gasteiger partial charge >= 0.3 is 5.97 Å². The highest BCUT2D eigenvalue weighted by atomic mass is 32.1. The fraction of sp³-hybridized carbons (Fsp3) is 0.190. The number of phenols is 1. The van der Waals surface area contributed by atoms with Gasteiger partial charge in [0.1, 0.15) is 17.4 Å². The predicted molar refractivity (Wildman–Crippen MR) is 106 cm³/mol. The molecule has 0 aliphatic carbocycles. The van der Waals surface area contributed by atoms with Crippen LogP contribution in [-0.4, -0.2) is 22.0 Å². The van der Waals surface area contributed by atoms with Crippen LogP contribution < -0.4 is 5.32 Å². The molecular formula is C21H20N2O4S. The molecule has 0 unspecified atom stereocenters. The Labute approximate surface area is 166 Å². The summed E-state index contributed by atoms with van der Waals surface area (Å²) >= 11 is 1.35. The number of nitrogens with one attached hydrogen (secondary N) is 1. The van der Waals surface area contributed by atoms with Gasteiger partial charge in [0.15, 0.2) is 0 Å². The number of hydrogen-bond donors (Lipinski definition) is 2. The predicted octanol–water partition coefficient (Wildman–Crippen LogP) is 3.37. The maximum atomic E-state index is 12.1. The van der Waals surface area contributed by atoms with Crippen molar-refractivity contribution in [2.75, 3.05) is 0 Å². The van der Waals surface area contributed by atoms with Crippen LogP contribution >= 0.6 is 11.3 Å². The molecule has 0 spiro atoms. The highest BCUT2D eigenvalue weighted by molar-refractivity contribution is 7.09. The lowest BCUT2D eigenvalue weighted by molar-refractivity contribution is -0.120. The Hall–Kier alpha value is -3.19. The summed E-state index contributed by atoms with van der Waals surface area (Å²) in [7, 11) is 0. The number of nitrogens with zero attached hydrogens (tertiary/aromatic N) is 1. The molecule has 1 amide bonds. The van der Waals surface area contributed by atoms with Gasteiger partial charge in [-0.05, 0) is 30.2 Å². The number of carbonyl (C=O) groups excluding carboxylic acids is 2. The van der Waals surface area contributed by atoms with E-state index in [0.29, 0.717) is 22.8 Å². The van der Waals surface area contributed by atoms with Gasteiger partial charge < -0.3 is 15.2 Å². The van der Waals surface area contributed by atoms with E-state index in [2.05, 4.69) is 10.3 Å². The first-order chi connectivity index (χ1) is 13.5. The average Bonchev–Trinajstić information content (AvgIpc) is 3.14. The number of aromatic nitrogens is 1. The molecule has 0 atom stereocenters. The van der Waals surface area contributed by atoms with Crippen LogP contribution in [0.3, 0.4) is 0 Å². The minimum atomic E-state index is -0.537. The summed E-state index contributed by atoms with van der Waals surface area (Å²) in [5.41, 5.74) is 2.58. The molecule has 0 aliphatic heterocycles. The quantitative estimate of drug-likeness (QED) is 0.598. The summed E-state index contributed by atoms with van der Waals surface area (Å²) in [6.07, 6.45) is 0.178. The first kappa shape index (κ1) is 19.6. The Morgan fingerprint density at radius 1 is 1.18 bits per heavy atom. The van der Waals surface area contributed by atoms with Crippen LogP contribution in [0.2, 0.25) is 0 Å². The number of carbonyl (C=O) groups is 2. The van der Waals surface area contributed by atoms with Crippen molar-refractivity contribution >= 4 is 23.2 Å². The van der Waals surface area contributed by atoms with E-state index < -0.39 is 5.97 Å². The molecule has 144 valence electrons. The molecule has 2 aromatic carbocycles. The van der Waals surface area contributed by atoms with Crippen molar-refractivity contribution in [3.63, 3.8) is 0 Å². The molecule has 0 aliphatic rings. The summed E-state index contributed by atoms with van der Waals surface area (Å²) < 4.78 is 5.23. The third kappa shape index (κ3) is 5.40. The lowest BCUT2D eigenvalue weighted by Crippen LogP contribution is -2.24. The van der Waals surface area contributed by atoms with Crippen LogP contribution in [0.15, 0.2) is 53.9 Å². The van der Waals surface area contributed by atoms with Gasteiger partial charge in [-0.25, -0.2) is 9.78 Å². The van der Waals surface area contributed by atoms with Crippen LogP contribution in [0, 0.1) is 6.92 Å². The minimum absolute atomic E-state index is 0.00953. The monoisotopic (exact) mass is 396 g/mol. The van der Waals surface area contributed by atoms with Crippen molar-refractivity contribution in [2.45, 2.75) is 26.5 Å². The molecule has 0 saturated heterocycles. The van der Waals surface area contributed by atoms with Crippen LogP contribution in [0.25, 0.3) is 0 Å². The van der Waals surface area contributed by atoms with E-state index in [1.807, 2.05) is 30.3 Å². The first-order valence-electron chi connectivity index (χ1n) is 8.72. The second-order valence-corrected chi connectivity index (χ2v) is 7.19. The van der Waals surface area contributed by atoms with Crippen molar-refractivity contribution in [3.05, 3.63) is 81.3 Å². The number of rotatable bonds is 7. The second kappa shape index (κ2) is 9.14. The summed E-state index contributed by atoms with van der Waals surface area (Å²) in [6, 6.07) is 14.3. The Morgan fingerprint density at radius 2 is 1.96 bits per heavy atom. The number of benzene rings is 2. The average molecular weight is 396 g/mol. The van der Waals surface area contributed by atoms with Gasteiger partial charge in [-0.2, -0.15) is 0 Å². The first-order valence-corrected chi connectivity index (χ1v) is 9.60. The van der Waals surface area contributed by atoms with Crippen molar-refractivity contribution in [2.24, 2.45) is 0 Å². The number of ether oxygens (including phenoxy) is 1. The molecule has 0 fully saturated rings. The summed E-state index contributed by atoms with van der Waals surface area (Å²) in [6.45, 7) is 2.23. The molecular weight excluding hydrogens is 376 g/mol. The van der Waals surface area contributed by atoms with Crippen LogP contribution in [0.4, 0.5) is 0 Å². The third-order valence-electron chi connectivity index (χ3n) is 4.04. The maximum absolute atomic E-state index is 12.1. The van der Waals surface area contributed by atoms with Gasteiger partial charge in [-0.15, -0.1) is 11.3 Å². The van der Waals surface area contributed by atoms with Gasteiger partial charge in [0.25, 0.3) is 0 Å². The van der Waals surface area contributed by atoms with Crippen LogP contribution in [0.1, 0.15) is 32.2 Å². The minimum Gasteiger partial charge on any atom is -0.508 e. The molecule has 3 rings (SSSR count). The van der Waals surface area contributed by atoms with E-state index in [1.165, 1.54) is 17.4 Å². The summed E-state index contributed by atoms with van der Waals surface area (Å²) in [5.74, 6) is -0.603. The van der Waals surface area contributed by atoms with Crippen LogP contribution in [0.5, 0.6) is 5.75 Å². The highest BCUT2D eigenvalue weighted by Crippen LogP contribution is 2.19. The molecule has 2 N–H and O–H groups in total. The standard InChI is InChI=1S/C21H20N2O4S/c1-14-7-8-16(9-18(14)24)21(26)27-12-17-13-28-20(23-17)10-19(25)22-11-15-5-3-2-4-6-15/h2-9,13,24H,10-12H2,1H3,(H,22,25). The number of esters is 1. The zero-order valence-electron chi connectivity index (χ0n) is 15.3. The molecule has 3 aromatic rings. The Bertz CT molecular complexity index is 970. The van der Waals surface area contributed by atoms with E-state index in [0.717, 1.165) is 5.56 Å². The van der Waals surface area contributed by atoms with E-state index in [4.69, 9.17) is 4.74 Å². The molecule has 7 heteroatoms. The highest BCUT2D eigenvalue weighted by Gasteiger charge is 2.12. The molecule has 1 heterocycles. The van der Waals surface area contributed by atoms with Gasteiger partial charge in [0, 0.05) is 11.9 Å². The Kier molecular flexibility index (Phi) is 6.39. The Balaban J connectivity index is 1.47. The summed E-state index contributed by atoms with van der Waals surface area (Å²) in [5, 5.41) is 15.0. The third-order valence-corrected chi connectivity index (χ3v) is 4.94. The maximum Gasteiger partial charge on any atom is 0.338 e. The molecule has 0 saturated carbocycles. The molecule has 0 bridgehead atoms. The molecule has 1 aromatic heterocycles. The zero-order valence-corrected chi connectivity index (χ0v) is 16.2. The molecule has 6 nitrogen and oxygen atoms in total.